The fourth-order valence-electron chi connectivity index (χ4n) is 1.79. The number of pyridine rings is 1. The smallest absolute Gasteiger partial charge is 0.335 e. The quantitative estimate of drug-likeness (QED) is 0.869. The van der Waals surface area contributed by atoms with Gasteiger partial charge < -0.3 is 10.4 Å². The van der Waals surface area contributed by atoms with Crippen LogP contribution in [0.1, 0.15) is 21.6 Å². The number of hydrogen-bond donors (Lipinski definition) is 2. The van der Waals surface area contributed by atoms with Crippen molar-refractivity contribution in [2.45, 2.75) is 13.0 Å². The van der Waals surface area contributed by atoms with Crippen LogP contribution in [0.15, 0.2) is 47.1 Å². The Labute approximate surface area is 130 Å². The molecule has 1 heterocycles. The zero-order valence-corrected chi connectivity index (χ0v) is 12.6. The highest BCUT2D eigenvalue weighted by molar-refractivity contribution is 9.10. The molecular weight excluding hydrogens is 336 g/mol. The Morgan fingerprint density at radius 2 is 2.05 bits per heavy atom. The first-order valence-electron chi connectivity index (χ1n) is 6.24. The average molecular weight is 349 g/mol. The lowest BCUT2D eigenvalue weighted by molar-refractivity contribution is -0.120. The molecule has 0 fully saturated rings. The fraction of sp³-hybridized carbons (Fsp3) is 0.133. The van der Waals surface area contributed by atoms with Gasteiger partial charge in [0.25, 0.3) is 0 Å². The van der Waals surface area contributed by atoms with Gasteiger partial charge in [0.2, 0.25) is 5.91 Å². The summed E-state index contributed by atoms with van der Waals surface area (Å²) in [5.41, 5.74) is 1.56. The predicted molar refractivity (Wildman–Crippen MR) is 80.9 cm³/mol. The molecule has 0 spiro atoms. The van der Waals surface area contributed by atoms with E-state index >= 15 is 0 Å². The van der Waals surface area contributed by atoms with Gasteiger partial charge in [-0.25, -0.2) is 4.79 Å². The van der Waals surface area contributed by atoms with Crippen molar-refractivity contribution in [2.24, 2.45) is 0 Å². The van der Waals surface area contributed by atoms with E-state index < -0.39 is 5.97 Å². The molecular formula is C15H13BrN2O3. The van der Waals surface area contributed by atoms with Gasteiger partial charge in [-0.15, -0.1) is 0 Å². The van der Waals surface area contributed by atoms with E-state index in [9.17, 15) is 9.59 Å². The van der Waals surface area contributed by atoms with Gasteiger partial charge in [0.1, 0.15) is 0 Å². The molecule has 0 aliphatic carbocycles. The first kappa shape index (κ1) is 15.2. The second kappa shape index (κ2) is 6.99. The molecule has 1 aromatic heterocycles. The molecule has 1 aromatic carbocycles. The number of aromatic carboxylic acids is 1. The number of carbonyl (C=O) groups is 2. The summed E-state index contributed by atoms with van der Waals surface area (Å²) in [4.78, 5) is 26.7. The maximum Gasteiger partial charge on any atom is 0.335 e. The lowest BCUT2D eigenvalue weighted by Crippen LogP contribution is -2.25. The Bertz CT molecular complexity index is 673. The number of benzene rings is 1. The van der Waals surface area contributed by atoms with E-state index in [0.717, 1.165) is 10.0 Å². The number of aromatic nitrogens is 1. The molecule has 0 saturated carbocycles. The van der Waals surface area contributed by atoms with Gasteiger partial charge in [0, 0.05) is 10.7 Å². The molecule has 1 amide bonds. The molecule has 0 saturated heterocycles. The van der Waals surface area contributed by atoms with E-state index in [1.54, 1.807) is 0 Å². The third-order valence-electron chi connectivity index (χ3n) is 2.78. The van der Waals surface area contributed by atoms with Gasteiger partial charge in [0.15, 0.2) is 0 Å². The zero-order valence-electron chi connectivity index (χ0n) is 11.0. The molecule has 108 valence electrons. The second-order valence-corrected chi connectivity index (χ2v) is 5.34. The Morgan fingerprint density at radius 3 is 2.76 bits per heavy atom. The number of amides is 1. The molecule has 2 rings (SSSR count). The number of nitrogens with one attached hydrogen (secondary N) is 1. The third-order valence-corrected chi connectivity index (χ3v) is 3.28. The summed E-state index contributed by atoms with van der Waals surface area (Å²) >= 11 is 3.35. The van der Waals surface area contributed by atoms with E-state index in [0.29, 0.717) is 5.69 Å². The van der Waals surface area contributed by atoms with Crippen LogP contribution in [0.25, 0.3) is 0 Å². The number of nitrogens with zero attached hydrogens (tertiary/aromatic N) is 1. The van der Waals surface area contributed by atoms with Crippen LogP contribution in [0.4, 0.5) is 0 Å². The summed E-state index contributed by atoms with van der Waals surface area (Å²) in [6.45, 7) is 0.202. The third kappa shape index (κ3) is 4.68. The molecule has 5 nitrogen and oxygen atoms in total. The average Bonchev–Trinajstić information content (AvgIpc) is 2.45. The SMILES string of the molecule is O=C(Cc1cccc(Br)c1)NCc1cc(C(=O)O)ccn1. The second-order valence-electron chi connectivity index (χ2n) is 4.42. The summed E-state index contributed by atoms with van der Waals surface area (Å²) < 4.78 is 0.920. The lowest BCUT2D eigenvalue weighted by Gasteiger charge is -2.06. The van der Waals surface area contributed by atoms with Crippen LogP contribution in [0, 0.1) is 0 Å². The Kier molecular flexibility index (Phi) is 5.05. The monoisotopic (exact) mass is 348 g/mol. The van der Waals surface area contributed by atoms with Crippen LogP contribution in [0.5, 0.6) is 0 Å². The summed E-state index contributed by atoms with van der Waals surface area (Å²) in [6, 6.07) is 10.4. The van der Waals surface area contributed by atoms with E-state index in [2.05, 4.69) is 26.2 Å². The molecule has 6 heteroatoms. The van der Waals surface area contributed by atoms with Crippen LogP contribution in [0.2, 0.25) is 0 Å². The number of halogens is 1. The molecule has 2 N–H and O–H groups in total. The van der Waals surface area contributed by atoms with Crippen molar-refractivity contribution in [3.8, 4) is 0 Å². The van der Waals surface area contributed by atoms with Gasteiger partial charge in [-0.05, 0) is 29.8 Å². The van der Waals surface area contributed by atoms with E-state index in [1.165, 1.54) is 18.3 Å². The summed E-state index contributed by atoms with van der Waals surface area (Å²) in [5, 5.41) is 11.6. The minimum absolute atomic E-state index is 0.143. The van der Waals surface area contributed by atoms with Crippen LogP contribution in [0.3, 0.4) is 0 Å². The number of carbonyl (C=O) groups excluding carboxylic acids is 1. The standard InChI is InChI=1S/C15H13BrN2O3/c16-12-3-1-2-10(6-12)7-14(19)18-9-13-8-11(15(20)21)4-5-17-13/h1-6,8H,7,9H2,(H,18,19)(H,20,21). The molecule has 0 unspecified atom stereocenters. The van der Waals surface area contributed by atoms with Crippen LogP contribution in [-0.2, 0) is 17.8 Å². The number of carboxylic acid groups (broad SMARTS) is 1. The van der Waals surface area contributed by atoms with Gasteiger partial charge >= 0.3 is 5.97 Å². The van der Waals surface area contributed by atoms with Gasteiger partial charge in [-0.1, -0.05) is 28.1 Å². The van der Waals surface area contributed by atoms with Gasteiger partial charge in [-0.3, -0.25) is 9.78 Å². The van der Waals surface area contributed by atoms with E-state index in [1.807, 2.05) is 24.3 Å². The van der Waals surface area contributed by atoms with Crippen LogP contribution >= 0.6 is 15.9 Å². The fourth-order valence-corrected chi connectivity index (χ4v) is 2.24. The van der Waals surface area contributed by atoms with Crippen molar-refractivity contribution in [1.82, 2.24) is 10.3 Å². The minimum Gasteiger partial charge on any atom is -0.478 e. The van der Waals surface area contributed by atoms with Gasteiger partial charge in [0.05, 0.1) is 24.2 Å². The van der Waals surface area contributed by atoms with Crippen LogP contribution in [-0.4, -0.2) is 22.0 Å². The van der Waals surface area contributed by atoms with Crippen molar-refractivity contribution < 1.29 is 14.7 Å². The topological polar surface area (TPSA) is 79.3 Å². The maximum absolute atomic E-state index is 11.8. The molecule has 0 atom stereocenters. The van der Waals surface area contributed by atoms with Crippen molar-refractivity contribution in [1.29, 1.82) is 0 Å². The largest absolute Gasteiger partial charge is 0.478 e. The zero-order chi connectivity index (χ0) is 15.2. The summed E-state index contributed by atoms with van der Waals surface area (Å²) in [6.07, 6.45) is 1.68. The highest BCUT2D eigenvalue weighted by Gasteiger charge is 2.07. The molecule has 0 radical (unpaired) electrons. The minimum atomic E-state index is -1.01. The molecule has 0 bridgehead atoms. The Hall–Kier alpha value is -2.21. The van der Waals surface area contributed by atoms with Crippen molar-refractivity contribution >= 4 is 27.8 Å². The first-order valence-corrected chi connectivity index (χ1v) is 7.03. The van der Waals surface area contributed by atoms with Crippen LogP contribution < -0.4 is 5.32 Å². The lowest BCUT2D eigenvalue weighted by atomic mass is 10.1. The van der Waals surface area contributed by atoms with Crippen molar-refractivity contribution in [3.63, 3.8) is 0 Å². The summed E-state index contributed by atoms with van der Waals surface area (Å²) in [7, 11) is 0. The predicted octanol–water partition coefficient (Wildman–Crippen LogP) is 2.40. The van der Waals surface area contributed by atoms with E-state index in [4.69, 9.17) is 5.11 Å². The van der Waals surface area contributed by atoms with Crippen molar-refractivity contribution in [3.05, 3.63) is 63.9 Å². The normalized spacial score (nSPS) is 10.1. The number of carboxylic acids is 1. The highest BCUT2D eigenvalue weighted by atomic mass is 79.9. The molecule has 0 aliphatic rings. The van der Waals surface area contributed by atoms with Crippen molar-refractivity contribution in [2.75, 3.05) is 0 Å². The first-order chi connectivity index (χ1) is 10.0. The molecule has 0 aliphatic heterocycles. The maximum atomic E-state index is 11.8. The molecule has 2 aromatic rings. The number of hydrogen-bond acceptors (Lipinski definition) is 3. The number of rotatable bonds is 5. The molecule has 21 heavy (non-hydrogen) atoms. The van der Waals surface area contributed by atoms with Gasteiger partial charge in [-0.2, -0.15) is 0 Å². The Morgan fingerprint density at radius 1 is 1.24 bits per heavy atom. The highest BCUT2D eigenvalue weighted by Crippen LogP contribution is 2.12. The summed E-state index contributed by atoms with van der Waals surface area (Å²) in [5.74, 6) is -1.16. The van der Waals surface area contributed by atoms with E-state index in [-0.39, 0.29) is 24.4 Å². The Balaban J connectivity index is 1.92.